The molecule has 0 bridgehead atoms. The zero-order chi connectivity index (χ0) is 10.7. The molecule has 2 heterocycles. The van der Waals surface area contributed by atoms with Crippen molar-refractivity contribution >= 4 is 0 Å². The minimum absolute atomic E-state index is 0.234. The van der Waals surface area contributed by atoms with E-state index in [0.29, 0.717) is 0 Å². The Morgan fingerprint density at radius 3 is 3.00 bits per heavy atom. The van der Waals surface area contributed by atoms with E-state index in [4.69, 9.17) is 4.74 Å². The van der Waals surface area contributed by atoms with Crippen LogP contribution in [0.25, 0.3) is 0 Å². The molecule has 0 saturated carbocycles. The van der Waals surface area contributed by atoms with Gasteiger partial charge in [0.1, 0.15) is 0 Å². The predicted octanol–water partition coefficient (Wildman–Crippen LogP) is 1.24. The Balaban J connectivity index is 1.76. The molecular formula is C12H24N2O. The minimum atomic E-state index is 0.234. The number of likely N-dealkylation sites (N-methyl/N-ethyl adjacent to an activating group) is 1. The molecule has 0 aromatic carbocycles. The molecule has 2 aliphatic heterocycles. The first kappa shape index (κ1) is 11.4. The van der Waals surface area contributed by atoms with Crippen molar-refractivity contribution in [1.29, 1.82) is 0 Å². The summed E-state index contributed by atoms with van der Waals surface area (Å²) < 4.78 is 5.45. The Morgan fingerprint density at radius 2 is 2.33 bits per heavy atom. The molecule has 0 amide bonds. The van der Waals surface area contributed by atoms with Gasteiger partial charge >= 0.3 is 0 Å². The van der Waals surface area contributed by atoms with Crippen LogP contribution >= 0.6 is 0 Å². The molecule has 15 heavy (non-hydrogen) atoms. The van der Waals surface area contributed by atoms with Gasteiger partial charge in [0.15, 0.2) is 0 Å². The van der Waals surface area contributed by atoms with Crippen molar-refractivity contribution < 1.29 is 4.74 Å². The summed E-state index contributed by atoms with van der Waals surface area (Å²) in [5.41, 5.74) is 0.234. The van der Waals surface area contributed by atoms with Gasteiger partial charge in [0.25, 0.3) is 0 Å². The molecular weight excluding hydrogens is 188 g/mol. The average molecular weight is 212 g/mol. The molecule has 0 aromatic heterocycles. The molecule has 2 saturated heterocycles. The number of nitrogens with zero attached hydrogens (tertiary/aromatic N) is 1. The van der Waals surface area contributed by atoms with Gasteiger partial charge in [0, 0.05) is 24.7 Å². The third kappa shape index (κ3) is 2.92. The van der Waals surface area contributed by atoms with Crippen LogP contribution in [0.3, 0.4) is 0 Å². The molecule has 2 atom stereocenters. The standard InChI is InChI=1S/C12H24N2O/c1-12(6-8-15-10-12)13-9-11-5-3-4-7-14(11)2/h11,13H,3-10H2,1-2H3. The second kappa shape index (κ2) is 4.81. The molecule has 0 aliphatic carbocycles. The van der Waals surface area contributed by atoms with Crippen LogP contribution in [-0.4, -0.2) is 49.8 Å². The highest BCUT2D eigenvalue weighted by molar-refractivity contribution is 4.89. The van der Waals surface area contributed by atoms with E-state index in [1.807, 2.05) is 0 Å². The molecule has 88 valence electrons. The van der Waals surface area contributed by atoms with E-state index in [0.717, 1.165) is 32.2 Å². The van der Waals surface area contributed by atoms with Crippen molar-refractivity contribution in [3.63, 3.8) is 0 Å². The lowest BCUT2D eigenvalue weighted by atomic mass is 9.98. The summed E-state index contributed by atoms with van der Waals surface area (Å²) in [4.78, 5) is 2.50. The summed E-state index contributed by atoms with van der Waals surface area (Å²) in [5.74, 6) is 0. The Morgan fingerprint density at radius 1 is 1.47 bits per heavy atom. The lowest BCUT2D eigenvalue weighted by Crippen LogP contribution is -2.51. The first-order valence-electron chi connectivity index (χ1n) is 6.23. The van der Waals surface area contributed by atoms with Crippen molar-refractivity contribution in [3.8, 4) is 0 Å². The zero-order valence-electron chi connectivity index (χ0n) is 10.1. The fourth-order valence-corrected chi connectivity index (χ4v) is 2.57. The number of likely N-dealkylation sites (tertiary alicyclic amines) is 1. The monoisotopic (exact) mass is 212 g/mol. The molecule has 3 nitrogen and oxygen atoms in total. The van der Waals surface area contributed by atoms with Gasteiger partial charge in [-0.1, -0.05) is 6.42 Å². The van der Waals surface area contributed by atoms with Crippen LogP contribution in [0.4, 0.5) is 0 Å². The van der Waals surface area contributed by atoms with E-state index in [2.05, 4.69) is 24.2 Å². The normalized spacial score (nSPS) is 38.4. The summed E-state index contributed by atoms with van der Waals surface area (Å²) >= 11 is 0. The van der Waals surface area contributed by atoms with Crippen molar-refractivity contribution in [2.45, 2.75) is 44.2 Å². The minimum Gasteiger partial charge on any atom is -0.379 e. The summed E-state index contributed by atoms with van der Waals surface area (Å²) in [6.45, 7) is 6.46. The number of ether oxygens (including phenoxy) is 1. The fraction of sp³-hybridized carbons (Fsp3) is 1.00. The largest absolute Gasteiger partial charge is 0.379 e. The van der Waals surface area contributed by atoms with Gasteiger partial charge in [-0.05, 0) is 39.8 Å². The summed E-state index contributed by atoms with van der Waals surface area (Å²) in [6.07, 6.45) is 5.27. The number of hydrogen-bond acceptors (Lipinski definition) is 3. The van der Waals surface area contributed by atoms with Crippen LogP contribution in [0.15, 0.2) is 0 Å². The molecule has 3 heteroatoms. The highest BCUT2D eigenvalue weighted by Crippen LogP contribution is 2.19. The second-order valence-corrected chi connectivity index (χ2v) is 5.37. The Kier molecular flexibility index (Phi) is 3.65. The molecule has 2 unspecified atom stereocenters. The lowest BCUT2D eigenvalue weighted by molar-refractivity contribution is 0.149. The maximum atomic E-state index is 5.45. The Labute approximate surface area is 93.2 Å². The molecule has 2 fully saturated rings. The fourth-order valence-electron chi connectivity index (χ4n) is 2.57. The topological polar surface area (TPSA) is 24.5 Å². The van der Waals surface area contributed by atoms with Gasteiger partial charge in [0.05, 0.1) is 6.61 Å². The van der Waals surface area contributed by atoms with E-state index in [1.165, 1.54) is 25.8 Å². The number of hydrogen-bond donors (Lipinski definition) is 1. The van der Waals surface area contributed by atoms with Gasteiger partial charge in [-0.15, -0.1) is 0 Å². The third-order valence-corrected chi connectivity index (χ3v) is 3.90. The predicted molar refractivity (Wildman–Crippen MR) is 62.1 cm³/mol. The first-order valence-corrected chi connectivity index (χ1v) is 6.23. The van der Waals surface area contributed by atoms with E-state index in [-0.39, 0.29) is 5.54 Å². The first-order chi connectivity index (χ1) is 7.20. The number of piperidine rings is 1. The van der Waals surface area contributed by atoms with Crippen LogP contribution in [-0.2, 0) is 4.74 Å². The van der Waals surface area contributed by atoms with Gasteiger partial charge < -0.3 is 15.0 Å². The molecule has 2 rings (SSSR count). The van der Waals surface area contributed by atoms with Crippen molar-refractivity contribution in [3.05, 3.63) is 0 Å². The molecule has 0 spiro atoms. The smallest absolute Gasteiger partial charge is 0.0646 e. The van der Waals surface area contributed by atoms with Crippen molar-refractivity contribution in [2.75, 3.05) is 33.4 Å². The number of nitrogens with one attached hydrogen (secondary N) is 1. The van der Waals surface area contributed by atoms with Crippen LogP contribution < -0.4 is 5.32 Å². The number of rotatable bonds is 3. The summed E-state index contributed by atoms with van der Waals surface area (Å²) in [7, 11) is 2.25. The van der Waals surface area contributed by atoms with E-state index < -0.39 is 0 Å². The van der Waals surface area contributed by atoms with Crippen LogP contribution in [0.5, 0.6) is 0 Å². The summed E-state index contributed by atoms with van der Waals surface area (Å²) in [5, 5.41) is 3.69. The van der Waals surface area contributed by atoms with Crippen molar-refractivity contribution in [2.24, 2.45) is 0 Å². The maximum absolute atomic E-state index is 5.45. The van der Waals surface area contributed by atoms with E-state index >= 15 is 0 Å². The van der Waals surface area contributed by atoms with E-state index in [1.54, 1.807) is 0 Å². The Hall–Kier alpha value is -0.120. The Bertz CT molecular complexity index is 202. The zero-order valence-corrected chi connectivity index (χ0v) is 10.1. The van der Waals surface area contributed by atoms with Gasteiger partial charge in [-0.3, -0.25) is 0 Å². The highest BCUT2D eigenvalue weighted by Gasteiger charge is 2.30. The quantitative estimate of drug-likeness (QED) is 0.762. The summed E-state index contributed by atoms with van der Waals surface area (Å²) in [6, 6.07) is 0.733. The van der Waals surface area contributed by atoms with Gasteiger partial charge in [-0.25, -0.2) is 0 Å². The molecule has 2 aliphatic rings. The average Bonchev–Trinajstić information content (AvgIpc) is 2.65. The lowest BCUT2D eigenvalue weighted by Gasteiger charge is -2.35. The van der Waals surface area contributed by atoms with E-state index in [9.17, 15) is 0 Å². The third-order valence-electron chi connectivity index (χ3n) is 3.90. The maximum Gasteiger partial charge on any atom is 0.0646 e. The molecule has 1 N–H and O–H groups in total. The SMILES string of the molecule is CN1CCCCC1CNC1(C)CCOC1. The second-order valence-electron chi connectivity index (χ2n) is 5.37. The van der Waals surface area contributed by atoms with Crippen LogP contribution in [0.1, 0.15) is 32.6 Å². The van der Waals surface area contributed by atoms with Crippen LogP contribution in [0.2, 0.25) is 0 Å². The molecule has 0 aromatic rings. The van der Waals surface area contributed by atoms with Gasteiger partial charge in [-0.2, -0.15) is 0 Å². The highest BCUT2D eigenvalue weighted by atomic mass is 16.5. The van der Waals surface area contributed by atoms with Crippen molar-refractivity contribution in [1.82, 2.24) is 10.2 Å². The molecule has 0 radical (unpaired) electrons. The van der Waals surface area contributed by atoms with Crippen LogP contribution in [0, 0.1) is 0 Å². The van der Waals surface area contributed by atoms with Gasteiger partial charge in [0.2, 0.25) is 0 Å².